The minimum absolute atomic E-state index is 0.000857. The molecule has 0 unspecified atom stereocenters. The van der Waals surface area contributed by atoms with Gasteiger partial charge in [0.05, 0.1) is 64.5 Å². The van der Waals surface area contributed by atoms with E-state index in [0.29, 0.717) is 23.8 Å². The van der Waals surface area contributed by atoms with E-state index in [2.05, 4.69) is 20.6 Å². The number of likely N-dealkylation sites (tertiary alicyclic amines) is 1. The molecule has 4 amide bonds. The quantitative estimate of drug-likeness (QED) is 0.0365. The summed E-state index contributed by atoms with van der Waals surface area (Å²) in [5.74, 6) is -7.01. The third kappa shape index (κ3) is 13.0. The first kappa shape index (κ1) is 59.2. The fourth-order valence-electron chi connectivity index (χ4n) is 9.25. The van der Waals surface area contributed by atoms with Gasteiger partial charge in [-0.1, -0.05) is 45.0 Å². The van der Waals surface area contributed by atoms with Gasteiger partial charge in [-0.2, -0.15) is 18.4 Å². The number of benzene rings is 3. The summed E-state index contributed by atoms with van der Waals surface area (Å²) in [6.45, 7) is 12.6. The van der Waals surface area contributed by atoms with Crippen molar-refractivity contribution >= 4 is 69.6 Å². The van der Waals surface area contributed by atoms with Gasteiger partial charge in [0.25, 0.3) is 5.91 Å². The lowest BCUT2D eigenvalue weighted by Gasteiger charge is -2.35. The van der Waals surface area contributed by atoms with Crippen molar-refractivity contribution in [2.75, 3.05) is 36.2 Å². The number of nitrogens with zero attached hydrogens (tertiary/aromatic N) is 6. The second kappa shape index (κ2) is 23.9. The second-order valence-corrected chi connectivity index (χ2v) is 21.7. The van der Waals surface area contributed by atoms with Gasteiger partial charge in [-0.25, -0.2) is 18.2 Å². The number of hydrogen-bond acceptors (Lipinski definition) is 13. The smallest absolute Gasteiger partial charge is 0.420 e. The Morgan fingerprint density at radius 3 is 2.24 bits per heavy atom. The summed E-state index contributed by atoms with van der Waals surface area (Å²) in [5, 5.41) is 14.4. The Kier molecular flexibility index (Phi) is 17.9. The molecule has 2 N–H and O–H groups in total. The summed E-state index contributed by atoms with van der Waals surface area (Å²) < 4.78 is 105. The number of aryl methyl sites for hydroxylation is 1. The molecule has 0 spiro atoms. The van der Waals surface area contributed by atoms with E-state index in [1.54, 1.807) is 26.3 Å². The number of aromatic nitrogens is 2. The molecule has 4 heterocycles. The van der Waals surface area contributed by atoms with Gasteiger partial charge in [0, 0.05) is 31.6 Å². The van der Waals surface area contributed by atoms with Crippen LogP contribution in [0.1, 0.15) is 96.2 Å². The highest BCUT2D eigenvalue weighted by molar-refractivity contribution is 7.81. The maximum absolute atomic E-state index is 15.8. The minimum atomic E-state index is -5.29. The number of esters is 1. The monoisotopic (exact) mass is 1130 g/mol. The van der Waals surface area contributed by atoms with Crippen LogP contribution in [0, 0.1) is 41.1 Å². The third-order valence-electron chi connectivity index (χ3n) is 13.3. The second-order valence-electron chi connectivity index (χ2n) is 20.5. The van der Waals surface area contributed by atoms with Crippen LogP contribution in [0.5, 0.6) is 5.75 Å². The van der Waals surface area contributed by atoms with Crippen molar-refractivity contribution in [3.05, 3.63) is 112 Å². The standard InChI is InChI=1S/C55H56F6N8O8S2/c1-29(32-11-13-33(14-12-32)47-30(2)64-28-79-47)65-49(72)41-23-37(77-31(3)70)26-67(41)50(73)48(53(4,5)6)66-43(71)27-75-19-9-10-20-76-42-18-16-34(21-38(42)56)46-39(57)22-36(25-63-46)69-52(78)68(51(74)54(69,7)8)40-17-15-35(24-62)44(45(40)58)55(59,60)61/h11-18,21-22,25,28-29,37,41,48H,9-10,19-20,23,26-27H2,1-8H3,(H,65,72)(H,66,71)/t29-,37+,41-,48+/m0/s1. The Hall–Kier alpha value is -7.49. The summed E-state index contributed by atoms with van der Waals surface area (Å²) in [5.41, 5.74) is -2.17. The topological polar surface area (TPSA) is 196 Å². The van der Waals surface area contributed by atoms with Gasteiger partial charge >= 0.3 is 12.1 Å². The Bertz CT molecular complexity index is 3220. The maximum atomic E-state index is 15.8. The number of thiazole rings is 1. The molecule has 0 saturated carbocycles. The summed E-state index contributed by atoms with van der Waals surface area (Å²) in [6, 6.07) is 12.6. The lowest BCUT2D eigenvalue weighted by Crippen LogP contribution is -2.58. The number of hydrogen-bond donors (Lipinski definition) is 2. The SMILES string of the molecule is CC(=O)O[C@@H]1C[C@@H](C(=O)N[C@@H](C)c2ccc(-c3scnc3C)cc2)N(C(=O)[C@@H](NC(=O)COCCCCOc2ccc(-c3ncc(N4C(=S)N(c5ccc(C#N)c(C(F)(F)F)c5F)C(=O)C4(C)C)cc3F)cc2F)C(C)(C)C)C1. The summed E-state index contributed by atoms with van der Waals surface area (Å²) in [6.07, 6.45) is -4.14. The molecule has 418 valence electrons. The van der Waals surface area contributed by atoms with E-state index >= 15 is 13.2 Å². The first-order chi connectivity index (χ1) is 37.1. The zero-order chi connectivity index (χ0) is 57.9. The number of amides is 4. The van der Waals surface area contributed by atoms with Crippen LogP contribution < -0.4 is 25.2 Å². The molecule has 7 rings (SSSR count). The normalized spacial score (nSPS) is 17.1. The average molecular weight is 1140 g/mol. The molecular formula is C55H56F6N8O8S2. The molecule has 3 aromatic carbocycles. The van der Waals surface area contributed by atoms with E-state index < -0.39 is 117 Å². The van der Waals surface area contributed by atoms with Crippen molar-refractivity contribution in [3.63, 3.8) is 0 Å². The van der Waals surface area contributed by atoms with Crippen LogP contribution in [0.2, 0.25) is 0 Å². The van der Waals surface area contributed by atoms with Crippen molar-refractivity contribution < 1.29 is 64.5 Å². The van der Waals surface area contributed by atoms with Crippen molar-refractivity contribution in [2.45, 2.75) is 111 Å². The van der Waals surface area contributed by atoms with Gasteiger partial charge < -0.3 is 34.6 Å². The number of carbonyl (C=O) groups is 5. The number of rotatable bonds is 18. The summed E-state index contributed by atoms with van der Waals surface area (Å²) in [4.78, 5) is 79.5. The van der Waals surface area contributed by atoms with E-state index in [1.165, 1.54) is 55.2 Å². The number of carbonyl (C=O) groups excluding carboxylic acids is 5. The number of halogens is 6. The molecule has 24 heteroatoms. The zero-order valence-corrected chi connectivity index (χ0v) is 45.9. The van der Waals surface area contributed by atoms with Gasteiger partial charge in [-0.15, -0.1) is 11.3 Å². The number of alkyl halides is 3. The summed E-state index contributed by atoms with van der Waals surface area (Å²) in [7, 11) is 0. The maximum Gasteiger partial charge on any atom is 0.420 e. The van der Waals surface area contributed by atoms with Gasteiger partial charge in [-0.3, -0.25) is 33.9 Å². The highest BCUT2D eigenvalue weighted by atomic mass is 32.1. The van der Waals surface area contributed by atoms with Crippen molar-refractivity contribution in [1.29, 1.82) is 5.26 Å². The van der Waals surface area contributed by atoms with E-state index in [0.717, 1.165) is 51.0 Å². The fourth-order valence-corrected chi connectivity index (χ4v) is 10.6. The van der Waals surface area contributed by atoms with E-state index in [4.69, 9.17) is 26.4 Å². The van der Waals surface area contributed by atoms with Crippen molar-refractivity contribution in [1.82, 2.24) is 25.5 Å². The van der Waals surface area contributed by atoms with E-state index in [9.17, 15) is 42.4 Å². The van der Waals surface area contributed by atoms with Gasteiger partial charge in [0.15, 0.2) is 28.3 Å². The molecule has 79 heavy (non-hydrogen) atoms. The first-order valence-corrected chi connectivity index (χ1v) is 26.1. The van der Waals surface area contributed by atoms with Gasteiger partial charge in [-0.05, 0) is 99.6 Å². The molecule has 0 aliphatic carbocycles. The Labute approximate surface area is 461 Å². The van der Waals surface area contributed by atoms with Crippen LogP contribution in [0.3, 0.4) is 0 Å². The molecule has 5 aromatic rings. The number of nitrogens with one attached hydrogen (secondary N) is 2. The number of ether oxygens (including phenoxy) is 3. The highest BCUT2D eigenvalue weighted by Gasteiger charge is 2.52. The Balaban J connectivity index is 0.898. The van der Waals surface area contributed by atoms with E-state index in [-0.39, 0.29) is 48.9 Å². The van der Waals surface area contributed by atoms with Gasteiger partial charge in [0.2, 0.25) is 17.7 Å². The van der Waals surface area contributed by atoms with Crippen LogP contribution in [-0.4, -0.2) is 99.7 Å². The molecule has 16 nitrogen and oxygen atoms in total. The minimum Gasteiger partial charge on any atom is -0.491 e. The molecule has 0 radical (unpaired) electrons. The number of thiocarbonyl (C=S) groups is 1. The van der Waals surface area contributed by atoms with E-state index in [1.807, 2.05) is 38.1 Å². The predicted octanol–water partition coefficient (Wildman–Crippen LogP) is 9.52. The lowest BCUT2D eigenvalue weighted by atomic mass is 9.85. The number of anilines is 2. The lowest BCUT2D eigenvalue weighted by molar-refractivity contribution is -0.147. The molecule has 2 aliphatic rings. The Morgan fingerprint density at radius 1 is 0.949 bits per heavy atom. The van der Waals surface area contributed by atoms with Gasteiger partial charge in [0.1, 0.15) is 41.6 Å². The Morgan fingerprint density at radius 2 is 1.63 bits per heavy atom. The van der Waals surface area contributed by atoms with Crippen LogP contribution in [0.4, 0.5) is 37.7 Å². The molecule has 2 aliphatic heterocycles. The third-order valence-corrected chi connectivity index (χ3v) is 14.6. The summed E-state index contributed by atoms with van der Waals surface area (Å²) >= 11 is 6.96. The molecule has 2 saturated heterocycles. The largest absolute Gasteiger partial charge is 0.491 e. The first-order valence-electron chi connectivity index (χ1n) is 24.9. The number of pyridine rings is 1. The average Bonchev–Trinajstić information content (AvgIpc) is 4.22. The zero-order valence-electron chi connectivity index (χ0n) is 44.2. The highest BCUT2D eigenvalue weighted by Crippen LogP contribution is 2.43. The van der Waals surface area contributed by atoms with Crippen molar-refractivity contribution in [3.8, 4) is 33.5 Å². The molecule has 0 bridgehead atoms. The van der Waals surface area contributed by atoms with Crippen molar-refractivity contribution in [2.24, 2.45) is 5.41 Å². The van der Waals surface area contributed by atoms with Crippen LogP contribution >= 0.6 is 23.6 Å². The fraction of sp³-hybridized carbons (Fsp3) is 0.400. The molecular weight excluding hydrogens is 1080 g/mol. The van der Waals surface area contributed by atoms with Crippen LogP contribution in [0.25, 0.3) is 21.7 Å². The van der Waals surface area contributed by atoms with Crippen LogP contribution in [-0.2, 0) is 39.6 Å². The molecule has 2 fully saturated rings. The number of unbranched alkanes of at least 4 members (excludes halogenated alkanes) is 1. The molecule has 4 atom stereocenters. The predicted molar refractivity (Wildman–Crippen MR) is 284 cm³/mol. The number of nitriles is 1. The van der Waals surface area contributed by atoms with Crippen LogP contribution in [0.15, 0.2) is 72.4 Å². The molecule has 2 aromatic heterocycles.